The first-order valence-electron chi connectivity index (χ1n) is 6.76. The molecule has 0 unspecified atom stereocenters. The molecule has 3 rings (SSSR count). The third-order valence-electron chi connectivity index (χ3n) is 3.09. The fourth-order valence-corrected chi connectivity index (χ4v) is 2.00. The van der Waals surface area contributed by atoms with Crippen LogP contribution in [0.2, 0.25) is 0 Å². The zero-order chi connectivity index (χ0) is 15.4. The fraction of sp³-hybridized carbons (Fsp3) is 0.0588. The number of rotatable bonds is 4. The van der Waals surface area contributed by atoms with E-state index in [9.17, 15) is 9.18 Å². The molecule has 0 aliphatic heterocycles. The maximum absolute atomic E-state index is 13.1. The SMILES string of the molecule is O=C(NCc1coc(-c2ccccc2)n1)c1cccc(F)c1. The highest BCUT2D eigenvalue weighted by molar-refractivity contribution is 5.94. The molecule has 0 bridgehead atoms. The number of nitrogens with zero attached hydrogens (tertiary/aromatic N) is 1. The van der Waals surface area contributed by atoms with Gasteiger partial charge in [0, 0.05) is 11.1 Å². The molecule has 1 amide bonds. The number of aromatic nitrogens is 1. The van der Waals surface area contributed by atoms with Gasteiger partial charge in [-0.1, -0.05) is 24.3 Å². The molecular formula is C17H13FN2O2. The lowest BCUT2D eigenvalue weighted by Crippen LogP contribution is -2.23. The largest absolute Gasteiger partial charge is 0.444 e. The molecule has 0 atom stereocenters. The van der Waals surface area contributed by atoms with E-state index in [0.717, 1.165) is 5.56 Å². The van der Waals surface area contributed by atoms with E-state index in [2.05, 4.69) is 10.3 Å². The highest BCUT2D eigenvalue weighted by atomic mass is 19.1. The Hall–Kier alpha value is -2.95. The zero-order valence-electron chi connectivity index (χ0n) is 11.6. The lowest BCUT2D eigenvalue weighted by molar-refractivity contribution is 0.0950. The van der Waals surface area contributed by atoms with Crippen molar-refractivity contribution in [2.75, 3.05) is 0 Å². The highest BCUT2D eigenvalue weighted by Gasteiger charge is 2.09. The van der Waals surface area contributed by atoms with Crippen molar-refractivity contribution >= 4 is 5.91 Å². The van der Waals surface area contributed by atoms with E-state index >= 15 is 0 Å². The Labute approximate surface area is 126 Å². The van der Waals surface area contributed by atoms with E-state index in [1.165, 1.54) is 24.5 Å². The van der Waals surface area contributed by atoms with Crippen molar-refractivity contribution in [3.05, 3.63) is 77.9 Å². The summed E-state index contributed by atoms with van der Waals surface area (Å²) < 4.78 is 18.5. The van der Waals surface area contributed by atoms with Crippen LogP contribution in [0.4, 0.5) is 4.39 Å². The molecule has 0 saturated heterocycles. The minimum Gasteiger partial charge on any atom is -0.444 e. The normalized spacial score (nSPS) is 10.4. The molecule has 4 nitrogen and oxygen atoms in total. The quantitative estimate of drug-likeness (QED) is 0.802. The van der Waals surface area contributed by atoms with Crippen molar-refractivity contribution in [1.82, 2.24) is 10.3 Å². The van der Waals surface area contributed by atoms with Crippen molar-refractivity contribution in [2.24, 2.45) is 0 Å². The summed E-state index contributed by atoms with van der Waals surface area (Å²) in [5.74, 6) is -0.306. The van der Waals surface area contributed by atoms with Crippen LogP contribution >= 0.6 is 0 Å². The molecule has 0 saturated carbocycles. The molecule has 1 N–H and O–H groups in total. The van der Waals surface area contributed by atoms with Crippen LogP contribution in [0.15, 0.2) is 65.3 Å². The van der Waals surface area contributed by atoms with Gasteiger partial charge >= 0.3 is 0 Å². The van der Waals surface area contributed by atoms with Gasteiger partial charge < -0.3 is 9.73 Å². The standard InChI is InChI=1S/C17H13FN2O2/c18-14-8-4-7-13(9-14)16(21)19-10-15-11-22-17(20-15)12-5-2-1-3-6-12/h1-9,11H,10H2,(H,19,21). The van der Waals surface area contributed by atoms with Crippen LogP contribution in [0.5, 0.6) is 0 Å². The second-order valence-electron chi connectivity index (χ2n) is 4.70. The van der Waals surface area contributed by atoms with Gasteiger partial charge in [-0.05, 0) is 30.3 Å². The van der Waals surface area contributed by atoms with Gasteiger partial charge in [-0.25, -0.2) is 9.37 Å². The summed E-state index contributed by atoms with van der Waals surface area (Å²) in [4.78, 5) is 16.2. The first-order valence-corrected chi connectivity index (χ1v) is 6.76. The molecular weight excluding hydrogens is 283 g/mol. The zero-order valence-corrected chi connectivity index (χ0v) is 11.6. The maximum Gasteiger partial charge on any atom is 0.251 e. The van der Waals surface area contributed by atoms with Gasteiger partial charge in [0.1, 0.15) is 12.1 Å². The van der Waals surface area contributed by atoms with Gasteiger partial charge in [-0.15, -0.1) is 0 Å². The second-order valence-corrected chi connectivity index (χ2v) is 4.70. The topological polar surface area (TPSA) is 55.1 Å². The van der Waals surface area contributed by atoms with Crippen LogP contribution < -0.4 is 5.32 Å². The van der Waals surface area contributed by atoms with E-state index in [0.29, 0.717) is 11.6 Å². The first kappa shape index (κ1) is 14.0. The van der Waals surface area contributed by atoms with Crippen molar-refractivity contribution in [2.45, 2.75) is 6.54 Å². The average Bonchev–Trinajstić information content (AvgIpc) is 3.02. The fourth-order valence-electron chi connectivity index (χ4n) is 2.00. The lowest BCUT2D eigenvalue weighted by atomic mass is 10.2. The molecule has 0 aliphatic carbocycles. The number of nitrogens with one attached hydrogen (secondary N) is 1. The third kappa shape index (κ3) is 3.20. The van der Waals surface area contributed by atoms with Gasteiger partial charge in [0.2, 0.25) is 5.89 Å². The minimum atomic E-state index is -0.444. The highest BCUT2D eigenvalue weighted by Crippen LogP contribution is 2.17. The monoisotopic (exact) mass is 296 g/mol. The summed E-state index contributed by atoms with van der Waals surface area (Å²) in [5.41, 5.74) is 1.74. The van der Waals surface area contributed by atoms with Crippen molar-refractivity contribution in [3.8, 4) is 11.5 Å². The van der Waals surface area contributed by atoms with Crippen LogP contribution in [0.1, 0.15) is 16.1 Å². The van der Waals surface area contributed by atoms with E-state index in [1.54, 1.807) is 6.07 Å². The Morgan fingerprint density at radius 2 is 1.95 bits per heavy atom. The van der Waals surface area contributed by atoms with Crippen LogP contribution in [-0.4, -0.2) is 10.9 Å². The molecule has 0 spiro atoms. The molecule has 0 fully saturated rings. The molecule has 22 heavy (non-hydrogen) atoms. The molecule has 1 aromatic heterocycles. The van der Waals surface area contributed by atoms with E-state index in [-0.39, 0.29) is 18.0 Å². The van der Waals surface area contributed by atoms with E-state index in [4.69, 9.17) is 4.42 Å². The summed E-state index contributed by atoms with van der Waals surface area (Å²) in [6.45, 7) is 0.214. The Kier molecular flexibility index (Phi) is 3.96. The van der Waals surface area contributed by atoms with Crippen molar-refractivity contribution < 1.29 is 13.6 Å². The Bertz CT molecular complexity index is 784. The Balaban J connectivity index is 1.65. The second kappa shape index (κ2) is 6.22. The van der Waals surface area contributed by atoms with Crippen LogP contribution in [0.3, 0.4) is 0 Å². The third-order valence-corrected chi connectivity index (χ3v) is 3.09. The van der Waals surface area contributed by atoms with Gasteiger partial charge in [-0.2, -0.15) is 0 Å². The predicted molar refractivity (Wildman–Crippen MR) is 79.5 cm³/mol. The number of hydrogen-bond donors (Lipinski definition) is 1. The number of amides is 1. The predicted octanol–water partition coefficient (Wildman–Crippen LogP) is 3.41. The van der Waals surface area contributed by atoms with Gasteiger partial charge in [-0.3, -0.25) is 4.79 Å². The van der Waals surface area contributed by atoms with Crippen LogP contribution in [-0.2, 0) is 6.54 Å². The summed E-state index contributed by atoms with van der Waals surface area (Å²) in [6.07, 6.45) is 1.49. The number of benzene rings is 2. The van der Waals surface area contributed by atoms with Crippen LogP contribution in [0, 0.1) is 5.82 Å². The van der Waals surface area contributed by atoms with E-state index < -0.39 is 5.82 Å². The average molecular weight is 296 g/mol. The smallest absolute Gasteiger partial charge is 0.251 e. The Morgan fingerprint density at radius 3 is 2.73 bits per heavy atom. The van der Waals surface area contributed by atoms with E-state index in [1.807, 2.05) is 30.3 Å². The summed E-state index contributed by atoms with van der Waals surface area (Å²) in [7, 11) is 0. The number of carbonyl (C=O) groups is 1. The molecule has 3 aromatic rings. The summed E-state index contributed by atoms with van der Waals surface area (Å²) >= 11 is 0. The van der Waals surface area contributed by atoms with Gasteiger partial charge in [0.25, 0.3) is 5.91 Å². The number of halogens is 1. The molecule has 1 heterocycles. The molecule has 2 aromatic carbocycles. The number of oxazole rings is 1. The molecule has 110 valence electrons. The summed E-state index contributed by atoms with van der Waals surface area (Å²) in [6, 6.07) is 15.0. The molecule has 0 radical (unpaired) electrons. The number of hydrogen-bond acceptors (Lipinski definition) is 3. The molecule has 0 aliphatic rings. The van der Waals surface area contributed by atoms with Crippen molar-refractivity contribution in [1.29, 1.82) is 0 Å². The number of carbonyl (C=O) groups excluding carboxylic acids is 1. The van der Waals surface area contributed by atoms with Gasteiger partial charge in [0.15, 0.2) is 0 Å². The Morgan fingerprint density at radius 1 is 1.14 bits per heavy atom. The van der Waals surface area contributed by atoms with Crippen molar-refractivity contribution in [3.63, 3.8) is 0 Å². The maximum atomic E-state index is 13.1. The lowest BCUT2D eigenvalue weighted by Gasteiger charge is -2.02. The van der Waals surface area contributed by atoms with Crippen LogP contribution in [0.25, 0.3) is 11.5 Å². The van der Waals surface area contributed by atoms with Gasteiger partial charge in [0.05, 0.1) is 12.2 Å². The minimum absolute atomic E-state index is 0.214. The summed E-state index contributed by atoms with van der Waals surface area (Å²) in [5, 5.41) is 2.68. The molecule has 5 heteroatoms. The first-order chi connectivity index (χ1) is 10.7.